The lowest BCUT2D eigenvalue weighted by Gasteiger charge is -2.12. The molecule has 4 aromatic rings. The van der Waals surface area contributed by atoms with E-state index in [1.807, 2.05) is 0 Å². The van der Waals surface area contributed by atoms with Crippen LogP contribution < -0.4 is 10.1 Å². The van der Waals surface area contributed by atoms with Crippen molar-refractivity contribution in [3.63, 3.8) is 0 Å². The fourth-order valence-electron chi connectivity index (χ4n) is 4.16. The molecule has 1 amide bonds. The molecule has 0 radical (unpaired) electrons. The highest BCUT2D eigenvalue weighted by molar-refractivity contribution is 7.91. The number of furan rings is 1. The number of sulfone groups is 1. The number of nitrogens with zero attached hydrogens (tertiary/aromatic N) is 3. The molecule has 1 aliphatic rings. The first-order valence-corrected chi connectivity index (χ1v) is 12.3. The van der Waals surface area contributed by atoms with E-state index in [1.165, 1.54) is 6.26 Å². The van der Waals surface area contributed by atoms with Gasteiger partial charge >= 0.3 is 0 Å². The Balaban J connectivity index is 1.64. The zero-order valence-electron chi connectivity index (χ0n) is 18.1. The van der Waals surface area contributed by atoms with Crippen molar-refractivity contribution in [2.45, 2.75) is 19.4 Å². The molecular formula is C23H22N4O5S. The summed E-state index contributed by atoms with van der Waals surface area (Å²) in [6.07, 6.45) is 1.99. The number of fused-ring (bicyclic) bond motifs is 1. The molecule has 0 spiro atoms. The van der Waals surface area contributed by atoms with E-state index in [9.17, 15) is 13.2 Å². The Kier molecular flexibility index (Phi) is 5.16. The van der Waals surface area contributed by atoms with Crippen LogP contribution in [0.1, 0.15) is 28.5 Å². The van der Waals surface area contributed by atoms with E-state index < -0.39 is 9.84 Å². The number of amides is 1. The predicted molar refractivity (Wildman–Crippen MR) is 123 cm³/mol. The van der Waals surface area contributed by atoms with Crippen LogP contribution in [0.3, 0.4) is 0 Å². The lowest BCUT2D eigenvalue weighted by Crippen LogP contribution is -2.15. The van der Waals surface area contributed by atoms with Crippen LogP contribution in [0, 0.1) is 6.92 Å². The number of rotatable bonds is 5. The van der Waals surface area contributed by atoms with Crippen molar-refractivity contribution in [2.75, 3.05) is 23.9 Å². The summed E-state index contributed by atoms with van der Waals surface area (Å²) in [5.41, 5.74) is 2.47. The number of hydrogen-bond acceptors (Lipinski definition) is 7. The lowest BCUT2D eigenvalue weighted by molar-refractivity contribution is 0.102. The molecule has 10 heteroatoms. The molecule has 0 aliphatic carbocycles. The van der Waals surface area contributed by atoms with Gasteiger partial charge in [0.2, 0.25) is 0 Å². The van der Waals surface area contributed by atoms with Crippen molar-refractivity contribution in [1.82, 2.24) is 14.8 Å². The van der Waals surface area contributed by atoms with Crippen molar-refractivity contribution in [3.8, 4) is 17.2 Å². The molecule has 1 saturated heterocycles. The highest BCUT2D eigenvalue weighted by atomic mass is 32.2. The predicted octanol–water partition coefficient (Wildman–Crippen LogP) is 3.62. The van der Waals surface area contributed by atoms with Gasteiger partial charge in [-0.15, -0.1) is 0 Å². The Labute approximate surface area is 190 Å². The van der Waals surface area contributed by atoms with Crippen LogP contribution in [0.2, 0.25) is 0 Å². The second-order valence-electron chi connectivity index (χ2n) is 8.00. The van der Waals surface area contributed by atoms with Gasteiger partial charge in [-0.1, -0.05) is 6.07 Å². The highest BCUT2D eigenvalue weighted by Crippen LogP contribution is 2.32. The van der Waals surface area contributed by atoms with Crippen LogP contribution >= 0.6 is 0 Å². The van der Waals surface area contributed by atoms with E-state index in [0.717, 1.165) is 0 Å². The number of carbonyl (C=O) groups excluding carboxylic acids is 1. The number of anilines is 1. The van der Waals surface area contributed by atoms with E-state index in [4.69, 9.17) is 14.1 Å². The summed E-state index contributed by atoms with van der Waals surface area (Å²) in [6, 6.07) is 11.9. The van der Waals surface area contributed by atoms with Gasteiger partial charge in [0.15, 0.2) is 21.2 Å². The van der Waals surface area contributed by atoms with Crippen molar-refractivity contribution in [3.05, 3.63) is 60.0 Å². The maximum absolute atomic E-state index is 13.4. The zero-order valence-corrected chi connectivity index (χ0v) is 18.9. The first-order valence-electron chi connectivity index (χ1n) is 10.4. The maximum Gasteiger partial charge on any atom is 0.256 e. The number of hydrogen-bond donors (Lipinski definition) is 1. The topological polar surface area (TPSA) is 116 Å². The minimum atomic E-state index is -3.13. The van der Waals surface area contributed by atoms with Gasteiger partial charge in [-0.25, -0.2) is 18.1 Å². The molecule has 5 rings (SSSR count). The summed E-state index contributed by atoms with van der Waals surface area (Å²) in [5.74, 6) is 0.887. The number of nitrogens with one attached hydrogen (secondary N) is 1. The van der Waals surface area contributed by atoms with E-state index in [2.05, 4.69) is 10.4 Å². The summed E-state index contributed by atoms with van der Waals surface area (Å²) < 4.78 is 36.6. The zero-order chi connectivity index (χ0) is 23.2. The molecule has 1 N–H and O–H groups in total. The van der Waals surface area contributed by atoms with Crippen molar-refractivity contribution in [1.29, 1.82) is 0 Å². The number of ether oxygens (including phenoxy) is 1. The van der Waals surface area contributed by atoms with Gasteiger partial charge < -0.3 is 14.5 Å². The first kappa shape index (κ1) is 21.2. The molecule has 4 heterocycles. The molecule has 0 saturated carbocycles. The third kappa shape index (κ3) is 3.97. The minimum absolute atomic E-state index is 0.00121. The van der Waals surface area contributed by atoms with Gasteiger partial charge in [0, 0.05) is 11.8 Å². The van der Waals surface area contributed by atoms with Crippen LogP contribution in [0.5, 0.6) is 5.75 Å². The Bertz CT molecular complexity index is 1460. The molecule has 0 bridgehead atoms. The third-order valence-electron chi connectivity index (χ3n) is 5.74. The first-order chi connectivity index (χ1) is 15.8. The maximum atomic E-state index is 13.4. The van der Waals surface area contributed by atoms with E-state index in [-0.39, 0.29) is 23.5 Å². The van der Waals surface area contributed by atoms with Gasteiger partial charge in [-0.05, 0) is 43.7 Å². The van der Waals surface area contributed by atoms with Gasteiger partial charge in [0.05, 0.1) is 47.6 Å². The molecule has 3 aromatic heterocycles. The lowest BCUT2D eigenvalue weighted by atomic mass is 10.1. The summed E-state index contributed by atoms with van der Waals surface area (Å²) in [7, 11) is -1.57. The second-order valence-corrected chi connectivity index (χ2v) is 10.2. The molecule has 1 fully saturated rings. The molecule has 1 aromatic carbocycles. The average Bonchev–Trinajstić information content (AvgIpc) is 3.52. The average molecular weight is 467 g/mol. The van der Waals surface area contributed by atoms with Crippen LogP contribution in [-0.4, -0.2) is 47.7 Å². The van der Waals surface area contributed by atoms with Crippen molar-refractivity contribution in [2.24, 2.45) is 0 Å². The standard InChI is InChI=1S/C23H22N4O5S/c1-14-21-18(23(28)24-15-5-3-6-17(11-15)31-2)12-19(20-7-4-9-32-20)25-22(21)27(26-14)16-8-10-33(29,30)13-16/h3-7,9,11-12,16H,8,10,13H2,1-2H3,(H,24,28). The van der Waals surface area contributed by atoms with Crippen LogP contribution in [0.25, 0.3) is 22.5 Å². The summed E-state index contributed by atoms with van der Waals surface area (Å²) >= 11 is 0. The molecule has 1 atom stereocenters. The number of methoxy groups -OCH3 is 1. The number of carbonyl (C=O) groups is 1. The largest absolute Gasteiger partial charge is 0.497 e. The normalized spacial score (nSPS) is 17.3. The van der Waals surface area contributed by atoms with Gasteiger partial charge in [-0.3, -0.25) is 4.79 Å². The smallest absolute Gasteiger partial charge is 0.256 e. The fraction of sp³-hybridized carbons (Fsp3) is 0.261. The molecular weight excluding hydrogens is 444 g/mol. The molecule has 9 nitrogen and oxygen atoms in total. The quantitative estimate of drug-likeness (QED) is 0.477. The van der Waals surface area contributed by atoms with E-state index in [0.29, 0.717) is 51.6 Å². The molecule has 170 valence electrons. The summed E-state index contributed by atoms with van der Waals surface area (Å²) in [4.78, 5) is 18.1. The Morgan fingerprint density at radius 1 is 1.24 bits per heavy atom. The monoisotopic (exact) mass is 466 g/mol. The highest BCUT2D eigenvalue weighted by Gasteiger charge is 2.32. The number of aromatic nitrogens is 3. The minimum Gasteiger partial charge on any atom is -0.497 e. The SMILES string of the molecule is COc1cccc(NC(=O)c2cc(-c3ccco3)nc3c2c(C)nn3C2CCS(=O)(=O)C2)c1. The molecule has 1 aliphatic heterocycles. The Morgan fingerprint density at radius 2 is 2.09 bits per heavy atom. The fourth-order valence-corrected chi connectivity index (χ4v) is 5.86. The van der Waals surface area contributed by atoms with E-state index in [1.54, 1.807) is 61.2 Å². The van der Waals surface area contributed by atoms with E-state index >= 15 is 0 Å². The number of benzene rings is 1. The second kappa shape index (κ2) is 8.04. The van der Waals surface area contributed by atoms with Gasteiger partial charge in [0.1, 0.15) is 11.4 Å². The van der Waals surface area contributed by atoms with Gasteiger partial charge in [-0.2, -0.15) is 5.10 Å². The molecule has 33 heavy (non-hydrogen) atoms. The van der Waals surface area contributed by atoms with Crippen LogP contribution in [0.4, 0.5) is 5.69 Å². The molecule has 1 unspecified atom stereocenters. The van der Waals surface area contributed by atoms with Crippen LogP contribution in [0.15, 0.2) is 53.1 Å². The Morgan fingerprint density at radius 3 is 2.79 bits per heavy atom. The number of pyridine rings is 1. The number of aryl methyl sites for hydroxylation is 1. The van der Waals surface area contributed by atoms with Gasteiger partial charge in [0.25, 0.3) is 5.91 Å². The van der Waals surface area contributed by atoms with Crippen molar-refractivity contribution < 1.29 is 22.4 Å². The summed E-state index contributed by atoms with van der Waals surface area (Å²) in [6.45, 7) is 1.79. The van der Waals surface area contributed by atoms with Crippen LogP contribution in [-0.2, 0) is 9.84 Å². The third-order valence-corrected chi connectivity index (χ3v) is 7.49. The summed E-state index contributed by atoms with van der Waals surface area (Å²) in [5, 5.41) is 8.08. The Hall–Kier alpha value is -3.66. The van der Waals surface area contributed by atoms with Crippen molar-refractivity contribution >= 4 is 32.5 Å².